The van der Waals surface area contributed by atoms with Gasteiger partial charge in [-0.15, -0.1) is 18.2 Å². The quantitative estimate of drug-likeness (QED) is 0.609. The third-order valence-electron chi connectivity index (χ3n) is 1.39. The van der Waals surface area contributed by atoms with Crippen molar-refractivity contribution in [1.29, 1.82) is 0 Å². The minimum absolute atomic E-state index is 0. The number of hydrogen-bond donors (Lipinski definition) is 1. The van der Waals surface area contributed by atoms with Crippen LogP contribution in [-0.4, -0.2) is 14.1 Å². The molecule has 0 saturated carbocycles. The second-order valence-electron chi connectivity index (χ2n) is 1.92. The van der Waals surface area contributed by atoms with Gasteiger partial charge in [-0.05, 0) is 0 Å². The summed E-state index contributed by atoms with van der Waals surface area (Å²) in [6.45, 7) is 4.58. The topological polar surface area (TPSA) is 35.0 Å². The largest absolute Gasteiger partial charge is 0.344 e. The molecule has 0 aromatic heterocycles. The average molecular weight is 154 g/mol. The lowest BCUT2D eigenvalue weighted by Gasteiger charge is -1.90. The maximum absolute atomic E-state index is 2.42. The van der Waals surface area contributed by atoms with Gasteiger partial charge in [-0.2, -0.15) is 0 Å². The standard InChI is InChI=1S/2C2H5.CH3.Al.ClH.H3N/c2*1-2;;;;/h2*1H2,2H3;1H3;;1H;1H3. The molecule has 0 amide bonds. The normalized spacial score (nSPS) is 6.38. The van der Waals surface area contributed by atoms with Crippen LogP contribution in [0.1, 0.15) is 13.8 Å². The highest BCUT2D eigenvalue weighted by Crippen LogP contribution is 1.93. The van der Waals surface area contributed by atoms with Gasteiger partial charge < -0.3 is 6.15 Å². The van der Waals surface area contributed by atoms with Crippen molar-refractivity contribution in [2.45, 2.75) is 30.2 Å². The zero-order valence-electron chi connectivity index (χ0n) is 6.11. The van der Waals surface area contributed by atoms with Crippen LogP contribution in [-0.2, 0) is 0 Å². The SMILES string of the molecule is C[CH2][Al]([CH3])[CH2]C.Cl.N. The molecule has 8 heavy (non-hydrogen) atoms. The molecule has 0 heterocycles. The molecule has 0 aromatic carbocycles. The molecule has 0 atom stereocenters. The van der Waals surface area contributed by atoms with Crippen LogP contribution in [0.4, 0.5) is 0 Å². The first-order valence-corrected chi connectivity index (χ1v) is 5.60. The summed E-state index contributed by atoms with van der Waals surface area (Å²) in [6, 6.07) is 0. The summed E-state index contributed by atoms with van der Waals surface area (Å²) in [7, 11) is 0. The van der Waals surface area contributed by atoms with E-state index in [0.717, 1.165) is 0 Å². The Morgan fingerprint density at radius 2 is 1.38 bits per heavy atom. The van der Waals surface area contributed by atoms with Crippen LogP contribution in [0, 0.1) is 0 Å². The summed E-state index contributed by atoms with van der Waals surface area (Å²) in [5, 5.41) is 2.94. The molecule has 3 N–H and O–H groups in total. The molecule has 1 nitrogen and oxygen atoms in total. The molecule has 0 aliphatic heterocycles. The summed E-state index contributed by atoms with van der Waals surface area (Å²) in [6.07, 6.45) is 0. The molecule has 0 unspecified atom stereocenters. The highest BCUT2D eigenvalue weighted by molar-refractivity contribution is 6.56. The van der Waals surface area contributed by atoms with Gasteiger partial charge in [0.15, 0.2) is 0 Å². The molecule has 0 fully saturated rings. The fraction of sp³-hybridized carbons (Fsp3) is 1.00. The summed E-state index contributed by atoms with van der Waals surface area (Å²) < 4.78 is 0. The second kappa shape index (κ2) is 10.7. The predicted octanol–water partition coefficient (Wildman–Crippen LogP) is 2.73. The third kappa shape index (κ3) is 9.92. The van der Waals surface area contributed by atoms with Crippen molar-refractivity contribution in [2.75, 3.05) is 0 Å². The van der Waals surface area contributed by atoms with Gasteiger partial charge in [0.1, 0.15) is 0 Å². The number of rotatable bonds is 2. The molecule has 3 heteroatoms. The molecule has 0 bridgehead atoms. The Kier molecular flexibility index (Phi) is 21.3. The zero-order chi connectivity index (χ0) is 4.99. The first kappa shape index (κ1) is 15.9. The van der Waals surface area contributed by atoms with Crippen molar-refractivity contribution in [2.24, 2.45) is 0 Å². The van der Waals surface area contributed by atoms with Crippen molar-refractivity contribution < 1.29 is 0 Å². The van der Waals surface area contributed by atoms with E-state index in [1.165, 1.54) is 10.6 Å². The Hall–Kier alpha value is 0.782. The highest BCUT2D eigenvalue weighted by atomic mass is 35.5. The Morgan fingerprint density at radius 1 is 1.12 bits per heavy atom. The molecule has 0 aliphatic rings. The summed E-state index contributed by atoms with van der Waals surface area (Å²) >= 11 is -0.160. The second-order valence-corrected chi connectivity index (χ2v) is 5.77. The molecule has 52 valence electrons. The van der Waals surface area contributed by atoms with E-state index in [9.17, 15) is 0 Å². The molecule has 0 aliphatic carbocycles. The van der Waals surface area contributed by atoms with Crippen molar-refractivity contribution in [3.8, 4) is 0 Å². The van der Waals surface area contributed by atoms with Crippen LogP contribution in [0.5, 0.6) is 0 Å². The van der Waals surface area contributed by atoms with Crippen LogP contribution in [0.15, 0.2) is 0 Å². The molecule has 0 rings (SSSR count). The predicted molar refractivity (Wildman–Crippen MR) is 44.9 cm³/mol. The van der Waals surface area contributed by atoms with Crippen LogP contribution in [0.3, 0.4) is 0 Å². The van der Waals surface area contributed by atoms with Gasteiger partial charge in [0.2, 0.25) is 0 Å². The molecule has 0 radical (unpaired) electrons. The van der Waals surface area contributed by atoms with E-state index >= 15 is 0 Å². The zero-order valence-corrected chi connectivity index (χ0v) is 8.08. The molecular weight excluding hydrogens is 136 g/mol. The molecular formula is C5H17AlClN. The van der Waals surface area contributed by atoms with Gasteiger partial charge in [-0.3, -0.25) is 0 Å². The van der Waals surface area contributed by atoms with Crippen molar-refractivity contribution in [3.05, 3.63) is 0 Å². The lowest BCUT2D eigenvalue weighted by Crippen LogP contribution is -1.99. The van der Waals surface area contributed by atoms with Gasteiger partial charge >= 0.3 is 0 Å². The van der Waals surface area contributed by atoms with Gasteiger partial charge in [-0.25, -0.2) is 0 Å². The number of halogens is 1. The minimum atomic E-state index is -0.160. The Labute approximate surface area is 63.2 Å². The van der Waals surface area contributed by atoms with Crippen molar-refractivity contribution in [3.63, 3.8) is 0 Å². The van der Waals surface area contributed by atoms with E-state index in [1.807, 2.05) is 0 Å². The lowest BCUT2D eigenvalue weighted by molar-refractivity contribution is 1.31. The van der Waals surface area contributed by atoms with E-state index in [-0.39, 0.29) is 32.7 Å². The van der Waals surface area contributed by atoms with E-state index in [0.29, 0.717) is 0 Å². The molecule has 0 aromatic rings. The highest BCUT2D eigenvalue weighted by Gasteiger charge is 1.99. The smallest absolute Gasteiger partial charge is 0.257 e. The fourth-order valence-corrected chi connectivity index (χ4v) is 0.866. The van der Waals surface area contributed by atoms with Crippen molar-refractivity contribution in [1.82, 2.24) is 6.15 Å². The van der Waals surface area contributed by atoms with Crippen molar-refractivity contribution >= 4 is 26.6 Å². The monoisotopic (exact) mass is 153 g/mol. The van der Waals surface area contributed by atoms with Crippen LogP contribution < -0.4 is 6.15 Å². The molecule has 0 saturated heterocycles. The van der Waals surface area contributed by atoms with E-state index in [2.05, 4.69) is 19.6 Å². The Bertz CT molecular complexity index is 31.6. The van der Waals surface area contributed by atoms with E-state index in [4.69, 9.17) is 0 Å². The Morgan fingerprint density at radius 3 is 1.38 bits per heavy atom. The number of hydrogen-bond acceptors (Lipinski definition) is 1. The first-order valence-electron chi connectivity index (χ1n) is 2.81. The third-order valence-corrected chi connectivity index (χ3v) is 4.18. The van der Waals surface area contributed by atoms with Gasteiger partial charge in [0, 0.05) is 0 Å². The summed E-state index contributed by atoms with van der Waals surface area (Å²) in [5.41, 5.74) is 0. The van der Waals surface area contributed by atoms with E-state index in [1.54, 1.807) is 0 Å². The maximum Gasteiger partial charge on any atom is 0.257 e. The van der Waals surface area contributed by atoms with Gasteiger partial charge in [0.05, 0.1) is 0 Å². The summed E-state index contributed by atoms with van der Waals surface area (Å²) in [5.74, 6) is 2.42. The van der Waals surface area contributed by atoms with Crippen LogP contribution >= 0.6 is 12.4 Å². The lowest BCUT2D eigenvalue weighted by atomic mass is 10.9. The van der Waals surface area contributed by atoms with Gasteiger partial charge in [0.25, 0.3) is 14.1 Å². The maximum atomic E-state index is 2.42. The van der Waals surface area contributed by atoms with Crippen LogP contribution in [0.25, 0.3) is 0 Å². The fourth-order valence-electron chi connectivity index (χ4n) is 0.289. The van der Waals surface area contributed by atoms with E-state index < -0.39 is 0 Å². The van der Waals surface area contributed by atoms with Gasteiger partial charge in [-0.1, -0.05) is 24.4 Å². The Balaban J connectivity index is -0.000000125. The molecule has 0 spiro atoms. The van der Waals surface area contributed by atoms with Crippen LogP contribution in [0.2, 0.25) is 16.4 Å². The first-order chi connectivity index (χ1) is 2.81. The average Bonchev–Trinajstić information content (AvgIpc) is 1.65. The summed E-state index contributed by atoms with van der Waals surface area (Å²) in [4.78, 5) is 0. The minimum Gasteiger partial charge on any atom is -0.344 e.